The van der Waals surface area contributed by atoms with E-state index in [-0.39, 0.29) is 0 Å². The minimum atomic E-state index is 1.19. The molecule has 0 amide bonds. The van der Waals surface area contributed by atoms with Gasteiger partial charge >= 0.3 is 0 Å². The topological polar surface area (TPSA) is 4.93 Å². The standard InChI is InChI=1S/C42H25NS4/c1-3-9-26(10-4-1)30-21-31(27-11-5-2-6-12-27)23-32(22-30)43-40-34-18-16-29(36-14-8-20-45-36)25-38(34)46-41(40)39-33-17-15-28(35-13-7-19-44-35)24-37(33)47-42(39)43/h1-25H. The normalized spacial score (nSPS) is 11.8. The Morgan fingerprint density at radius 1 is 0.426 bits per heavy atom. The predicted molar refractivity (Wildman–Crippen MR) is 209 cm³/mol. The number of thiophene rings is 4. The molecule has 0 N–H and O–H groups in total. The number of rotatable bonds is 5. The molecule has 5 heterocycles. The fourth-order valence-corrected chi connectivity index (χ4v) is 10.9. The molecule has 222 valence electrons. The quantitative estimate of drug-likeness (QED) is 0.172. The molecule has 0 aliphatic heterocycles. The average molecular weight is 672 g/mol. The molecule has 0 unspecified atom stereocenters. The number of fused-ring (bicyclic) bond motifs is 7. The van der Waals surface area contributed by atoms with Crippen molar-refractivity contribution in [2.24, 2.45) is 0 Å². The van der Waals surface area contributed by atoms with Crippen molar-refractivity contribution < 1.29 is 0 Å². The van der Waals surface area contributed by atoms with Gasteiger partial charge in [0.2, 0.25) is 0 Å². The summed E-state index contributed by atoms with van der Waals surface area (Å²) in [5, 5.41) is 8.33. The fraction of sp³-hybridized carbons (Fsp3) is 0. The first-order valence-electron chi connectivity index (χ1n) is 15.6. The van der Waals surface area contributed by atoms with Crippen molar-refractivity contribution in [2.75, 3.05) is 0 Å². The van der Waals surface area contributed by atoms with Crippen molar-refractivity contribution in [1.29, 1.82) is 0 Å². The Balaban J connectivity index is 1.31. The fourth-order valence-electron chi connectivity index (χ4n) is 6.81. The third kappa shape index (κ3) is 4.46. The lowest BCUT2D eigenvalue weighted by Gasteiger charge is -2.13. The number of aromatic nitrogens is 1. The number of hydrogen-bond acceptors (Lipinski definition) is 4. The Bertz CT molecular complexity index is 2650. The summed E-state index contributed by atoms with van der Waals surface area (Å²) in [6.45, 7) is 0. The van der Waals surface area contributed by atoms with Crippen molar-refractivity contribution in [3.63, 3.8) is 0 Å². The molecular formula is C42H25NS4. The maximum Gasteiger partial charge on any atom is 0.110 e. The van der Waals surface area contributed by atoms with Gasteiger partial charge in [-0.1, -0.05) is 97.1 Å². The first-order chi connectivity index (χ1) is 23.3. The van der Waals surface area contributed by atoms with E-state index in [1.165, 1.54) is 89.4 Å². The van der Waals surface area contributed by atoms with E-state index in [0.717, 1.165) is 0 Å². The van der Waals surface area contributed by atoms with Crippen molar-refractivity contribution >= 4 is 86.0 Å². The molecule has 10 aromatic rings. The second-order valence-corrected chi connectivity index (χ2v) is 15.8. The maximum absolute atomic E-state index is 2.56. The van der Waals surface area contributed by atoms with Crippen LogP contribution in [0.3, 0.4) is 0 Å². The zero-order chi connectivity index (χ0) is 30.9. The molecule has 5 heteroatoms. The van der Waals surface area contributed by atoms with Crippen LogP contribution >= 0.6 is 45.3 Å². The van der Waals surface area contributed by atoms with Crippen LogP contribution in [-0.4, -0.2) is 4.57 Å². The Kier molecular flexibility index (Phi) is 6.34. The van der Waals surface area contributed by atoms with Gasteiger partial charge < -0.3 is 0 Å². The second-order valence-electron chi connectivity index (χ2n) is 11.8. The largest absolute Gasteiger partial charge is 0.299 e. The van der Waals surface area contributed by atoms with Gasteiger partial charge in [0.1, 0.15) is 4.83 Å². The third-order valence-electron chi connectivity index (χ3n) is 8.99. The zero-order valence-electron chi connectivity index (χ0n) is 25.0. The van der Waals surface area contributed by atoms with E-state index < -0.39 is 0 Å². The summed E-state index contributed by atoms with van der Waals surface area (Å²) >= 11 is 7.45. The monoisotopic (exact) mass is 671 g/mol. The Morgan fingerprint density at radius 3 is 1.57 bits per heavy atom. The summed E-state index contributed by atoms with van der Waals surface area (Å²) in [6.07, 6.45) is 0. The molecule has 0 fully saturated rings. The number of hydrogen-bond donors (Lipinski definition) is 0. The lowest BCUT2D eigenvalue weighted by Crippen LogP contribution is -1.95. The molecule has 5 aromatic heterocycles. The average Bonchev–Trinajstić information content (AvgIpc) is 3.97. The lowest BCUT2D eigenvalue weighted by atomic mass is 9.98. The third-order valence-corrected chi connectivity index (χ3v) is 13.1. The van der Waals surface area contributed by atoms with E-state index in [2.05, 4.69) is 155 Å². The highest BCUT2D eigenvalue weighted by atomic mass is 32.1. The summed E-state index contributed by atoms with van der Waals surface area (Å²) in [5.41, 5.74) is 9.95. The molecule has 0 saturated carbocycles. The molecule has 0 saturated heterocycles. The van der Waals surface area contributed by atoms with Gasteiger partial charge in [-0.05, 0) is 86.6 Å². The van der Waals surface area contributed by atoms with Crippen molar-refractivity contribution in [2.45, 2.75) is 0 Å². The van der Waals surface area contributed by atoms with Crippen LogP contribution in [0, 0.1) is 0 Å². The van der Waals surface area contributed by atoms with Gasteiger partial charge in [0.15, 0.2) is 0 Å². The zero-order valence-corrected chi connectivity index (χ0v) is 28.3. The molecule has 0 atom stereocenters. The highest BCUT2D eigenvalue weighted by Gasteiger charge is 2.23. The Morgan fingerprint density at radius 2 is 1.00 bits per heavy atom. The van der Waals surface area contributed by atoms with Crippen LogP contribution in [0.1, 0.15) is 0 Å². The molecule has 0 bridgehead atoms. The lowest BCUT2D eigenvalue weighted by molar-refractivity contribution is 1.20. The summed E-state index contributed by atoms with van der Waals surface area (Å²) in [4.78, 5) is 3.92. The summed E-state index contributed by atoms with van der Waals surface area (Å²) in [5.74, 6) is 0. The van der Waals surface area contributed by atoms with E-state index in [9.17, 15) is 0 Å². The van der Waals surface area contributed by atoms with E-state index in [0.29, 0.717) is 0 Å². The van der Waals surface area contributed by atoms with Crippen LogP contribution in [0.2, 0.25) is 0 Å². The van der Waals surface area contributed by atoms with Crippen LogP contribution < -0.4 is 0 Å². The second kappa shape index (κ2) is 10.9. The number of nitrogens with zero attached hydrogens (tertiary/aromatic N) is 1. The molecule has 0 radical (unpaired) electrons. The van der Waals surface area contributed by atoms with Gasteiger partial charge in [0.05, 0.1) is 10.2 Å². The van der Waals surface area contributed by atoms with Crippen LogP contribution in [0.15, 0.2) is 150 Å². The van der Waals surface area contributed by atoms with E-state index >= 15 is 0 Å². The molecule has 0 aliphatic rings. The summed E-state index contributed by atoms with van der Waals surface area (Å²) in [6, 6.07) is 51.4. The van der Waals surface area contributed by atoms with E-state index in [4.69, 9.17) is 0 Å². The minimum absolute atomic E-state index is 1.19. The van der Waals surface area contributed by atoms with Crippen LogP contribution in [0.5, 0.6) is 0 Å². The maximum atomic E-state index is 2.56. The van der Waals surface area contributed by atoms with Gasteiger partial charge in [-0.25, -0.2) is 0 Å². The van der Waals surface area contributed by atoms with Crippen molar-refractivity contribution in [3.8, 4) is 48.8 Å². The first-order valence-corrected chi connectivity index (χ1v) is 18.9. The predicted octanol–water partition coefficient (Wildman–Crippen LogP) is 14.0. The molecular weight excluding hydrogens is 647 g/mol. The molecule has 47 heavy (non-hydrogen) atoms. The summed E-state index contributed by atoms with van der Waals surface area (Å²) in [7, 11) is 0. The van der Waals surface area contributed by atoms with Gasteiger partial charge in [-0.3, -0.25) is 4.57 Å². The van der Waals surface area contributed by atoms with Crippen molar-refractivity contribution in [3.05, 3.63) is 150 Å². The van der Waals surface area contributed by atoms with Gasteiger partial charge in [0.25, 0.3) is 0 Å². The molecule has 1 nitrogen and oxygen atoms in total. The Hall–Kier alpha value is -4.78. The molecule has 5 aromatic carbocycles. The van der Waals surface area contributed by atoms with Gasteiger partial charge in [0, 0.05) is 41.0 Å². The smallest absolute Gasteiger partial charge is 0.110 e. The molecule has 10 rings (SSSR count). The van der Waals surface area contributed by atoms with Crippen molar-refractivity contribution in [1.82, 2.24) is 4.57 Å². The van der Waals surface area contributed by atoms with E-state index in [1.807, 2.05) is 22.7 Å². The van der Waals surface area contributed by atoms with E-state index in [1.54, 1.807) is 22.7 Å². The van der Waals surface area contributed by atoms with Crippen LogP contribution in [0.25, 0.3) is 89.4 Å². The highest BCUT2D eigenvalue weighted by molar-refractivity contribution is 7.30. The van der Waals surface area contributed by atoms with Gasteiger partial charge in [-0.15, -0.1) is 45.3 Å². The molecule has 0 aliphatic carbocycles. The SMILES string of the molecule is c1ccc(-c2cc(-c3ccccc3)cc(-n3c4sc5cc(-c6cccs6)ccc5c4c4sc5cc(-c6cccs6)ccc5c43)c2)cc1. The first kappa shape index (κ1) is 27.3. The highest BCUT2D eigenvalue weighted by Crippen LogP contribution is 2.50. The number of benzene rings is 5. The molecule has 0 spiro atoms. The van der Waals surface area contributed by atoms with Crippen LogP contribution in [-0.2, 0) is 0 Å². The van der Waals surface area contributed by atoms with Gasteiger partial charge in [-0.2, -0.15) is 0 Å². The summed E-state index contributed by atoms with van der Waals surface area (Å²) < 4.78 is 6.58. The minimum Gasteiger partial charge on any atom is -0.299 e. The Labute approximate surface area is 287 Å². The van der Waals surface area contributed by atoms with Crippen LogP contribution in [0.4, 0.5) is 0 Å².